The van der Waals surface area contributed by atoms with Crippen LogP contribution in [0.4, 0.5) is 0 Å². The number of benzene rings is 1. The normalized spacial score (nSPS) is 11.0. The summed E-state index contributed by atoms with van der Waals surface area (Å²) in [6.45, 7) is 0.437. The number of hydrogen-bond acceptors (Lipinski definition) is 3. The molecule has 1 amide bonds. The van der Waals surface area contributed by atoms with Crippen LogP contribution in [-0.4, -0.2) is 25.5 Å². The molecule has 1 N–H and O–H groups in total. The predicted molar refractivity (Wildman–Crippen MR) is 83.9 cm³/mol. The molecule has 1 rings (SSSR count). The van der Waals surface area contributed by atoms with Crippen LogP contribution >= 0.6 is 11.6 Å². The van der Waals surface area contributed by atoms with Crippen molar-refractivity contribution in [2.45, 2.75) is 12.8 Å². The van der Waals surface area contributed by atoms with Crippen molar-refractivity contribution in [1.29, 1.82) is 0 Å². The highest BCUT2D eigenvalue weighted by Gasteiger charge is 2.00. The Balaban J connectivity index is 2.28. The highest BCUT2D eigenvalue weighted by molar-refractivity contribution is 6.32. The summed E-state index contributed by atoms with van der Waals surface area (Å²) in [6, 6.07) is 7.44. The first kappa shape index (κ1) is 17.0. The first-order chi connectivity index (χ1) is 10.1. The van der Waals surface area contributed by atoms with Gasteiger partial charge in [-0.25, -0.2) is 0 Å². The molecule has 0 fully saturated rings. The van der Waals surface area contributed by atoms with E-state index in [2.05, 4.69) is 10.1 Å². The molecule has 0 unspecified atom stereocenters. The van der Waals surface area contributed by atoms with Gasteiger partial charge in [-0.1, -0.05) is 48.0 Å². The lowest BCUT2D eigenvalue weighted by molar-refractivity contribution is -0.140. The summed E-state index contributed by atoms with van der Waals surface area (Å²) in [5.41, 5.74) is 0.891. The van der Waals surface area contributed by atoms with E-state index in [1.54, 1.807) is 18.2 Å². The molecule has 1 aromatic carbocycles. The Bertz CT molecular complexity index is 538. The number of carbonyl (C=O) groups excluding carboxylic acids is 2. The molecule has 0 heterocycles. The van der Waals surface area contributed by atoms with Crippen LogP contribution in [0.5, 0.6) is 0 Å². The molecule has 5 heteroatoms. The van der Waals surface area contributed by atoms with Crippen LogP contribution in [0.3, 0.4) is 0 Å². The number of methoxy groups -OCH3 is 1. The Kier molecular flexibility index (Phi) is 7.90. The van der Waals surface area contributed by atoms with Gasteiger partial charge in [0, 0.05) is 24.1 Å². The minimum atomic E-state index is -0.275. The van der Waals surface area contributed by atoms with Crippen molar-refractivity contribution < 1.29 is 14.3 Å². The molecule has 112 valence electrons. The summed E-state index contributed by atoms with van der Waals surface area (Å²) in [7, 11) is 1.34. The van der Waals surface area contributed by atoms with Crippen LogP contribution in [0.25, 0.3) is 6.08 Å². The maximum atomic E-state index is 11.5. The lowest BCUT2D eigenvalue weighted by atomic mass is 10.2. The van der Waals surface area contributed by atoms with Gasteiger partial charge >= 0.3 is 5.97 Å². The quantitative estimate of drug-likeness (QED) is 0.365. The summed E-state index contributed by atoms with van der Waals surface area (Å²) < 4.78 is 4.50. The molecule has 0 aliphatic heterocycles. The zero-order valence-corrected chi connectivity index (χ0v) is 12.6. The van der Waals surface area contributed by atoms with Gasteiger partial charge in [-0.3, -0.25) is 9.59 Å². The number of rotatable bonds is 7. The van der Waals surface area contributed by atoms with Gasteiger partial charge in [0.05, 0.1) is 7.11 Å². The Morgan fingerprint density at radius 2 is 2.05 bits per heavy atom. The molecule has 0 radical (unpaired) electrons. The number of amides is 1. The monoisotopic (exact) mass is 307 g/mol. The minimum absolute atomic E-state index is 0.205. The van der Waals surface area contributed by atoms with Crippen molar-refractivity contribution in [3.05, 3.63) is 53.1 Å². The summed E-state index contributed by atoms with van der Waals surface area (Å²) >= 11 is 6.00. The van der Waals surface area contributed by atoms with E-state index in [-0.39, 0.29) is 11.9 Å². The zero-order valence-electron chi connectivity index (χ0n) is 11.8. The van der Waals surface area contributed by atoms with Crippen molar-refractivity contribution in [3.63, 3.8) is 0 Å². The third-order valence-electron chi connectivity index (χ3n) is 2.62. The first-order valence-corrected chi connectivity index (χ1v) is 6.95. The van der Waals surface area contributed by atoms with E-state index in [4.69, 9.17) is 11.6 Å². The van der Waals surface area contributed by atoms with E-state index in [1.807, 2.05) is 24.3 Å². The maximum absolute atomic E-state index is 11.5. The lowest BCUT2D eigenvalue weighted by Gasteiger charge is -2.00. The molecule has 0 atom stereocenters. The standard InChI is InChI=1S/C16H18ClNO3/c1-21-16(20)11-6-12-18-15(19)10-5-3-8-13-7-2-4-9-14(13)17/h2-5,7-10H,6,11-12H2,1H3,(H,18,19). The van der Waals surface area contributed by atoms with E-state index < -0.39 is 0 Å². The summed E-state index contributed by atoms with van der Waals surface area (Å²) in [6.07, 6.45) is 7.48. The predicted octanol–water partition coefficient (Wildman–Crippen LogP) is 2.98. The molecule has 0 saturated heterocycles. The Morgan fingerprint density at radius 1 is 1.29 bits per heavy atom. The fourth-order valence-corrected chi connectivity index (χ4v) is 1.72. The molecule has 1 aromatic rings. The van der Waals surface area contributed by atoms with Gasteiger partial charge in [-0.15, -0.1) is 0 Å². The van der Waals surface area contributed by atoms with E-state index >= 15 is 0 Å². The lowest BCUT2D eigenvalue weighted by Crippen LogP contribution is -2.22. The highest BCUT2D eigenvalue weighted by Crippen LogP contribution is 2.16. The minimum Gasteiger partial charge on any atom is -0.469 e. The van der Waals surface area contributed by atoms with Gasteiger partial charge in [0.1, 0.15) is 0 Å². The summed E-state index contributed by atoms with van der Waals surface area (Å²) in [5, 5.41) is 3.34. The van der Waals surface area contributed by atoms with Gasteiger partial charge in [0.15, 0.2) is 0 Å². The summed E-state index contributed by atoms with van der Waals surface area (Å²) in [4.78, 5) is 22.3. The molecule has 0 bridgehead atoms. The first-order valence-electron chi connectivity index (χ1n) is 6.57. The Morgan fingerprint density at radius 3 is 2.76 bits per heavy atom. The number of ether oxygens (including phenoxy) is 1. The molecule has 0 aliphatic carbocycles. The van der Waals surface area contributed by atoms with Crippen molar-refractivity contribution in [2.75, 3.05) is 13.7 Å². The highest BCUT2D eigenvalue weighted by atomic mass is 35.5. The van der Waals surface area contributed by atoms with Crippen LogP contribution in [-0.2, 0) is 14.3 Å². The molecule has 21 heavy (non-hydrogen) atoms. The molecule has 0 saturated carbocycles. The average Bonchev–Trinajstić information content (AvgIpc) is 2.49. The van der Waals surface area contributed by atoms with Crippen LogP contribution in [0, 0.1) is 0 Å². The Hall–Kier alpha value is -2.07. The zero-order chi connectivity index (χ0) is 15.5. The topological polar surface area (TPSA) is 55.4 Å². The maximum Gasteiger partial charge on any atom is 0.305 e. The number of allylic oxidation sites excluding steroid dienone is 2. The summed E-state index contributed by atoms with van der Waals surface area (Å²) in [5.74, 6) is -0.480. The van der Waals surface area contributed by atoms with Crippen molar-refractivity contribution in [3.8, 4) is 0 Å². The van der Waals surface area contributed by atoms with Gasteiger partial charge in [0.25, 0.3) is 0 Å². The average molecular weight is 308 g/mol. The second-order valence-electron chi connectivity index (χ2n) is 4.21. The van der Waals surface area contributed by atoms with Crippen molar-refractivity contribution in [1.82, 2.24) is 5.32 Å². The third kappa shape index (κ3) is 7.32. The second-order valence-corrected chi connectivity index (χ2v) is 4.62. The van der Waals surface area contributed by atoms with Gasteiger partial charge in [-0.05, 0) is 18.1 Å². The second kappa shape index (κ2) is 9.77. The number of esters is 1. The molecule has 0 aromatic heterocycles. The van der Waals surface area contributed by atoms with E-state index in [0.717, 1.165) is 5.56 Å². The van der Waals surface area contributed by atoms with E-state index in [0.29, 0.717) is 24.4 Å². The number of carbonyl (C=O) groups is 2. The Labute approximate surface area is 129 Å². The molecular weight excluding hydrogens is 290 g/mol. The smallest absolute Gasteiger partial charge is 0.305 e. The SMILES string of the molecule is COC(=O)CCCNC(=O)C=CC=Cc1ccccc1Cl. The van der Waals surface area contributed by atoms with Crippen LogP contribution in [0.15, 0.2) is 42.5 Å². The number of nitrogens with one attached hydrogen (secondary N) is 1. The van der Waals surface area contributed by atoms with Crippen LogP contribution in [0.1, 0.15) is 18.4 Å². The van der Waals surface area contributed by atoms with Crippen molar-refractivity contribution >= 4 is 29.6 Å². The fraction of sp³-hybridized carbons (Fsp3) is 0.250. The van der Waals surface area contributed by atoms with Gasteiger partial charge in [0.2, 0.25) is 5.91 Å². The number of hydrogen-bond donors (Lipinski definition) is 1. The molecule has 0 spiro atoms. The fourth-order valence-electron chi connectivity index (χ4n) is 1.52. The third-order valence-corrected chi connectivity index (χ3v) is 2.97. The van der Waals surface area contributed by atoms with Crippen molar-refractivity contribution in [2.24, 2.45) is 0 Å². The largest absolute Gasteiger partial charge is 0.469 e. The van der Waals surface area contributed by atoms with Crippen LogP contribution in [0.2, 0.25) is 5.02 Å². The van der Waals surface area contributed by atoms with E-state index in [9.17, 15) is 9.59 Å². The van der Waals surface area contributed by atoms with Crippen LogP contribution < -0.4 is 5.32 Å². The number of halogens is 1. The molecule has 0 aliphatic rings. The van der Waals surface area contributed by atoms with Gasteiger partial charge in [-0.2, -0.15) is 0 Å². The molecule has 4 nitrogen and oxygen atoms in total. The molecular formula is C16H18ClNO3. The van der Waals surface area contributed by atoms with Gasteiger partial charge < -0.3 is 10.1 Å². The van der Waals surface area contributed by atoms with E-state index in [1.165, 1.54) is 13.2 Å².